The van der Waals surface area contributed by atoms with Gasteiger partial charge in [-0.3, -0.25) is 15.0 Å². The number of imidazole rings is 1. The highest BCUT2D eigenvalue weighted by Gasteiger charge is 2.35. The molecule has 0 radical (unpaired) electrons. The maximum atomic E-state index is 13.8. The zero-order valence-corrected chi connectivity index (χ0v) is 20.2. The van der Waals surface area contributed by atoms with Crippen LogP contribution < -0.4 is 5.32 Å². The number of rotatable bonds is 7. The van der Waals surface area contributed by atoms with E-state index < -0.39 is 23.0 Å². The van der Waals surface area contributed by atoms with Gasteiger partial charge in [-0.05, 0) is 49.9 Å². The fourth-order valence-electron chi connectivity index (χ4n) is 4.83. The first-order valence-corrected chi connectivity index (χ1v) is 12.6. The van der Waals surface area contributed by atoms with E-state index >= 15 is 0 Å². The third kappa shape index (κ3) is 4.85. The molecule has 0 bridgehead atoms. The second-order valence-corrected chi connectivity index (χ2v) is 9.83. The average molecular weight is 494 g/mol. The molecule has 0 aliphatic carbocycles. The van der Waals surface area contributed by atoms with Crippen LogP contribution in [0.1, 0.15) is 48.8 Å². The van der Waals surface area contributed by atoms with E-state index in [0.29, 0.717) is 29.3 Å². The van der Waals surface area contributed by atoms with Crippen molar-refractivity contribution in [2.24, 2.45) is 0 Å². The number of ether oxygens (including phenoxy) is 1. The summed E-state index contributed by atoms with van der Waals surface area (Å²) < 4.78 is 8.01. The number of fused-ring (bicyclic) bond motifs is 1. The SMILES string of the molecule is CC1=C(C(=O)OC(CN2CCCCC2)c2cccs2)C(c2cccc([N+](=O)[O-])c2)n2ccnc2N1. The van der Waals surface area contributed by atoms with E-state index in [4.69, 9.17) is 4.74 Å². The van der Waals surface area contributed by atoms with Crippen LogP contribution >= 0.6 is 11.3 Å². The number of benzene rings is 1. The summed E-state index contributed by atoms with van der Waals surface area (Å²) >= 11 is 1.58. The predicted octanol–water partition coefficient (Wildman–Crippen LogP) is 4.91. The molecule has 1 saturated heterocycles. The molecular weight excluding hydrogens is 466 g/mol. The Morgan fingerprint density at radius 3 is 2.86 bits per heavy atom. The van der Waals surface area contributed by atoms with E-state index in [-0.39, 0.29) is 5.69 Å². The van der Waals surface area contributed by atoms with E-state index in [1.165, 1.54) is 18.6 Å². The van der Waals surface area contributed by atoms with Crippen molar-refractivity contribution in [1.29, 1.82) is 0 Å². The number of nitro benzene ring substituents is 1. The molecule has 0 saturated carbocycles. The number of hydrogen-bond donors (Lipinski definition) is 1. The first kappa shape index (κ1) is 23.3. The molecule has 2 unspecified atom stereocenters. The summed E-state index contributed by atoms with van der Waals surface area (Å²) in [6.07, 6.45) is 6.54. The largest absolute Gasteiger partial charge is 0.452 e. The zero-order chi connectivity index (χ0) is 24.4. The third-order valence-electron chi connectivity index (χ3n) is 6.52. The smallest absolute Gasteiger partial charge is 0.338 e. The number of carbonyl (C=O) groups excluding carboxylic acids is 1. The third-order valence-corrected chi connectivity index (χ3v) is 7.49. The lowest BCUT2D eigenvalue weighted by molar-refractivity contribution is -0.384. The Kier molecular flexibility index (Phi) is 6.65. The number of likely N-dealkylation sites (tertiary alicyclic amines) is 1. The minimum Gasteiger partial charge on any atom is -0.452 e. The summed E-state index contributed by atoms with van der Waals surface area (Å²) in [5.41, 5.74) is 1.62. The fraction of sp³-hybridized carbons (Fsp3) is 0.360. The van der Waals surface area contributed by atoms with Crippen molar-refractivity contribution < 1.29 is 14.5 Å². The maximum Gasteiger partial charge on any atom is 0.338 e. The van der Waals surface area contributed by atoms with E-state index in [2.05, 4.69) is 15.2 Å². The fourth-order valence-corrected chi connectivity index (χ4v) is 5.57. The number of anilines is 1. The summed E-state index contributed by atoms with van der Waals surface area (Å²) in [7, 11) is 0. The molecular formula is C25H27N5O4S. The Labute approximate surface area is 207 Å². The van der Waals surface area contributed by atoms with Crippen molar-refractivity contribution in [2.45, 2.75) is 38.3 Å². The van der Waals surface area contributed by atoms with Gasteiger partial charge >= 0.3 is 5.97 Å². The number of thiophene rings is 1. The lowest BCUT2D eigenvalue weighted by Gasteiger charge is -2.32. The number of carbonyl (C=O) groups is 1. The number of nitrogens with zero attached hydrogens (tertiary/aromatic N) is 4. The Morgan fingerprint density at radius 1 is 1.29 bits per heavy atom. The number of aromatic nitrogens is 2. The highest BCUT2D eigenvalue weighted by molar-refractivity contribution is 7.10. The summed E-state index contributed by atoms with van der Waals surface area (Å²) in [4.78, 5) is 32.5. The zero-order valence-electron chi connectivity index (χ0n) is 19.4. The Morgan fingerprint density at radius 2 is 2.11 bits per heavy atom. The van der Waals surface area contributed by atoms with E-state index in [0.717, 1.165) is 30.8 Å². The molecule has 0 spiro atoms. The summed E-state index contributed by atoms with van der Waals surface area (Å²) in [6.45, 7) is 4.45. The second-order valence-electron chi connectivity index (χ2n) is 8.85. The van der Waals surface area contributed by atoms with Crippen molar-refractivity contribution in [1.82, 2.24) is 14.5 Å². The molecule has 2 atom stereocenters. The maximum absolute atomic E-state index is 13.8. The molecule has 2 aliphatic heterocycles. The van der Waals surface area contributed by atoms with Gasteiger partial charge in [-0.25, -0.2) is 9.78 Å². The predicted molar refractivity (Wildman–Crippen MR) is 133 cm³/mol. The van der Waals surface area contributed by atoms with Crippen molar-refractivity contribution in [2.75, 3.05) is 25.0 Å². The number of non-ortho nitro benzene ring substituents is 1. The van der Waals surface area contributed by atoms with E-state index in [9.17, 15) is 14.9 Å². The highest BCUT2D eigenvalue weighted by Crippen LogP contribution is 2.38. The van der Waals surface area contributed by atoms with Crippen molar-refractivity contribution >= 4 is 28.9 Å². The summed E-state index contributed by atoms with van der Waals surface area (Å²) in [5.74, 6) is 0.125. The van der Waals surface area contributed by atoms with E-state index in [1.54, 1.807) is 35.9 Å². The summed E-state index contributed by atoms with van der Waals surface area (Å²) in [6, 6.07) is 9.74. The number of esters is 1. The molecule has 10 heteroatoms. The van der Waals surface area contributed by atoms with Gasteiger partial charge in [-0.15, -0.1) is 11.3 Å². The van der Waals surface area contributed by atoms with Crippen LogP contribution in [0, 0.1) is 10.1 Å². The van der Waals surface area contributed by atoms with Crippen LogP contribution in [0.5, 0.6) is 0 Å². The van der Waals surface area contributed by atoms with Gasteiger partial charge in [0.1, 0.15) is 6.10 Å². The van der Waals surface area contributed by atoms with Gasteiger partial charge in [-0.2, -0.15) is 0 Å². The first-order chi connectivity index (χ1) is 17.0. The van der Waals surface area contributed by atoms with Crippen LogP contribution in [-0.2, 0) is 9.53 Å². The van der Waals surface area contributed by atoms with Gasteiger partial charge in [0.25, 0.3) is 5.69 Å². The number of piperidine rings is 1. The van der Waals surface area contributed by atoms with Crippen LogP contribution in [0.4, 0.5) is 11.6 Å². The Hall–Kier alpha value is -3.50. The number of allylic oxidation sites excluding steroid dienone is 1. The van der Waals surface area contributed by atoms with Gasteiger partial charge in [0.15, 0.2) is 0 Å². The van der Waals surface area contributed by atoms with Crippen LogP contribution in [0.2, 0.25) is 0 Å². The molecule has 5 rings (SSSR count). The number of nitrogens with one attached hydrogen (secondary N) is 1. The molecule has 3 aromatic rings. The topological polar surface area (TPSA) is 103 Å². The van der Waals surface area contributed by atoms with Crippen LogP contribution in [0.15, 0.2) is 65.4 Å². The minimum atomic E-state index is -0.597. The second kappa shape index (κ2) is 10.0. The molecule has 2 aromatic heterocycles. The lowest BCUT2D eigenvalue weighted by Crippen LogP contribution is -2.36. The van der Waals surface area contributed by atoms with Crippen LogP contribution in [0.25, 0.3) is 0 Å². The van der Waals surface area contributed by atoms with Gasteiger partial charge in [0.05, 0.1) is 16.5 Å². The molecule has 1 N–H and O–H groups in total. The monoisotopic (exact) mass is 493 g/mol. The average Bonchev–Trinajstić information content (AvgIpc) is 3.56. The Bertz CT molecular complexity index is 1250. The molecule has 9 nitrogen and oxygen atoms in total. The molecule has 4 heterocycles. The first-order valence-electron chi connectivity index (χ1n) is 11.7. The minimum absolute atomic E-state index is 0.0328. The molecule has 0 amide bonds. The quantitative estimate of drug-likeness (QED) is 0.283. The van der Waals surface area contributed by atoms with Gasteiger partial charge in [0, 0.05) is 41.6 Å². The molecule has 35 heavy (non-hydrogen) atoms. The van der Waals surface area contributed by atoms with Crippen molar-refractivity contribution in [3.63, 3.8) is 0 Å². The molecule has 2 aliphatic rings. The van der Waals surface area contributed by atoms with Gasteiger partial charge in [-0.1, -0.05) is 24.6 Å². The van der Waals surface area contributed by atoms with Crippen LogP contribution in [-0.4, -0.2) is 45.0 Å². The number of hydrogen-bond acceptors (Lipinski definition) is 8. The lowest BCUT2D eigenvalue weighted by atomic mass is 9.95. The standard InChI is InChI=1S/C25H27N5O4S/c1-17-22(24(31)34-20(21-9-6-14-35-21)16-28-11-3-2-4-12-28)23(29-13-10-26-25(29)27-17)18-7-5-8-19(15-18)30(32)33/h5-10,13-15,20,23H,2-4,11-12,16H2,1H3,(H,26,27). The van der Waals surface area contributed by atoms with Crippen LogP contribution in [0.3, 0.4) is 0 Å². The van der Waals surface area contributed by atoms with Gasteiger partial charge < -0.3 is 14.6 Å². The van der Waals surface area contributed by atoms with Crippen molar-refractivity contribution in [3.8, 4) is 0 Å². The normalized spacial score (nSPS) is 19.1. The van der Waals surface area contributed by atoms with E-state index in [1.807, 2.05) is 29.0 Å². The highest BCUT2D eigenvalue weighted by atomic mass is 32.1. The summed E-state index contributed by atoms with van der Waals surface area (Å²) in [5, 5.41) is 16.6. The molecule has 1 fully saturated rings. The Balaban J connectivity index is 1.48. The number of nitro groups is 1. The van der Waals surface area contributed by atoms with Gasteiger partial charge in [0.2, 0.25) is 5.95 Å². The molecule has 182 valence electrons. The molecule has 1 aromatic carbocycles. The van der Waals surface area contributed by atoms with Crippen molar-refractivity contribution in [3.05, 3.63) is 86.0 Å².